The third kappa shape index (κ3) is 2.24. The molecule has 2 rings (SSSR count). The van der Waals surface area contributed by atoms with Crippen molar-refractivity contribution in [2.24, 2.45) is 0 Å². The van der Waals surface area contributed by atoms with E-state index in [1.807, 2.05) is 0 Å². The summed E-state index contributed by atoms with van der Waals surface area (Å²) in [6.07, 6.45) is -0.341. The van der Waals surface area contributed by atoms with Crippen molar-refractivity contribution in [3.8, 4) is 0 Å². The summed E-state index contributed by atoms with van der Waals surface area (Å²) < 4.78 is 0. The summed E-state index contributed by atoms with van der Waals surface area (Å²) in [6, 6.07) is 3.33. The largest absolute Gasteiger partial charge is 0.481 e. The normalized spacial score (nSPS) is 17.3. The fourth-order valence-electron chi connectivity index (χ4n) is 1.70. The third-order valence-electron chi connectivity index (χ3n) is 2.55. The maximum absolute atomic E-state index is 11.6. The van der Waals surface area contributed by atoms with Crippen LogP contribution in [0.4, 0.5) is 11.4 Å². The van der Waals surface area contributed by atoms with Crippen molar-refractivity contribution in [3.63, 3.8) is 0 Å². The van der Waals surface area contributed by atoms with Crippen molar-refractivity contribution in [1.29, 1.82) is 0 Å². The molecule has 0 saturated heterocycles. The van der Waals surface area contributed by atoms with E-state index in [1.54, 1.807) is 0 Å². The Morgan fingerprint density at radius 3 is 2.56 bits per heavy atom. The average Bonchev–Trinajstić information content (AvgIpc) is 2.28. The molecule has 1 aliphatic heterocycles. The van der Waals surface area contributed by atoms with Gasteiger partial charge in [-0.1, -0.05) is 0 Å². The zero-order valence-electron chi connectivity index (χ0n) is 9.14. The van der Waals surface area contributed by atoms with E-state index in [0.717, 1.165) is 0 Å². The predicted molar refractivity (Wildman–Crippen MR) is 61.7 cm³/mol. The quantitative estimate of drug-likeness (QED) is 0.624. The number of aliphatic carboxylic acids is 1. The van der Waals surface area contributed by atoms with Crippen LogP contribution < -0.4 is 10.6 Å². The number of rotatable bonds is 3. The molecule has 94 valence electrons. The van der Waals surface area contributed by atoms with Gasteiger partial charge in [0.15, 0.2) is 0 Å². The number of carbonyl (C=O) groups excluding carboxylic acids is 1. The molecule has 1 aromatic carbocycles. The zero-order valence-corrected chi connectivity index (χ0v) is 9.14. The van der Waals surface area contributed by atoms with Gasteiger partial charge in [-0.25, -0.2) is 4.79 Å². The van der Waals surface area contributed by atoms with Crippen LogP contribution in [0.2, 0.25) is 0 Å². The first-order valence-electron chi connectivity index (χ1n) is 5.14. The molecule has 4 N–H and O–H groups in total. The lowest BCUT2D eigenvalue weighted by molar-refractivity contribution is -0.138. The number of carbonyl (C=O) groups is 3. The van der Waals surface area contributed by atoms with E-state index in [1.165, 1.54) is 18.2 Å². The Labute approximate surface area is 101 Å². The molecule has 0 aromatic heterocycles. The Morgan fingerprint density at radius 1 is 1.22 bits per heavy atom. The van der Waals surface area contributed by atoms with Gasteiger partial charge < -0.3 is 20.8 Å². The summed E-state index contributed by atoms with van der Waals surface area (Å²) in [5, 5.41) is 22.7. The Morgan fingerprint density at radius 2 is 1.94 bits per heavy atom. The highest BCUT2D eigenvalue weighted by Gasteiger charge is 2.27. The molecule has 1 atom stereocenters. The van der Waals surface area contributed by atoms with Crippen molar-refractivity contribution >= 4 is 29.2 Å². The van der Waals surface area contributed by atoms with Crippen molar-refractivity contribution in [2.45, 2.75) is 12.5 Å². The zero-order chi connectivity index (χ0) is 13.3. The molecule has 1 heterocycles. The van der Waals surface area contributed by atoms with Crippen LogP contribution in [-0.2, 0) is 9.59 Å². The minimum atomic E-state index is -1.10. The van der Waals surface area contributed by atoms with E-state index in [4.69, 9.17) is 10.2 Å². The van der Waals surface area contributed by atoms with Gasteiger partial charge in [-0.2, -0.15) is 0 Å². The number of amides is 1. The lowest BCUT2D eigenvalue weighted by Crippen LogP contribution is -2.40. The average molecular weight is 250 g/mol. The summed E-state index contributed by atoms with van der Waals surface area (Å²) in [5.41, 5.74) is 0.889. The summed E-state index contributed by atoms with van der Waals surface area (Å²) >= 11 is 0. The SMILES string of the molecule is O=C(O)CC1Nc2ccc(C(=O)O)cc2NC1=O. The Bertz CT molecular complexity index is 540. The first-order valence-corrected chi connectivity index (χ1v) is 5.14. The molecule has 0 aliphatic carbocycles. The number of aromatic carboxylic acids is 1. The van der Waals surface area contributed by atoms with E-state index in [0.29, 0.717) is 11.4 Å². The standard InChI is InChI=1S/C11H10N2O5/c14-9(15)4-8-10(16)13-7-3-5(11(17)18)1-2-6(7)12-8/h1-3,8,12H,4H2,(H,13,16)(H,14,15)(H,17,18). The van der Waals surface area contributed by atoms with Crippen molar-refractivity contribution in [3.05, 3.63) is 23.8 Å². The number of hydrogen-bond donors (Lipinski definition) is 4. The van der Waals surface area contributed by atoms with Crippen LogP contribution in [0.3, 0.4) is 0 Å². The van der Waals surface area contributed by atoms with Gasteiger partial charge >= 0.3 is 11.9 Å². The number of hydrogen-bond acceptors (Lipinski definition) is 4. The van der Waals surface area contributed by atoms with Gasteiger partial charge in [-0.15, -0.1) is 0 Å². The van der Waals surface area contributed by atoms with E-state index in [2.05, 4.69) is 10.6 Å². The van der Waals surface area contributed by atoms with Gasteiger partial charge in [0, 0.05) is 0 Å². The van der Waals surface area contributed by atoms with Crippen LogP contribution in [0.15, 0.2) is 18.2 Å². The van der Waals surface area contributed by atoms with Gasteiger partial charge in [0.2, 0.25) is 5.91 Å². The van der Waals surface area contributed by atoms with Crippen LogP contribution >= 0.6 is 0 Å². The lowest BCUT2D eigenvalue weighted by atomic mass is 10.1. The second kappa shape index (κ2) is 4.36. The third-order valence-corrected chi connectivity index (χ3v) is 2.55. The Kier molecular flexibility index (Phi) is 2.88. The van der Waals surface area contributed by atoms with E-state index >= 15 is 0 Å². The molecular formula is C11H10N2O5. The van der Waals surface area contributed by atoms with Gasteiger partial charge in [0.25, 0.3) is 0 Å². The van der Waals surface area contributed by atoms with Crippen LogP contribution in [0, 0.1) is 0 Å². The summed E-state index contributed by atoms with van der Waals surface area (Å²) in [4.78, 5) is 32.9. The van der Waals surface area contributed by atoms with Crippen molar-refractivity contribution in [2.75, 3.05) is 10.6 Å². The molecule has 18 heavy (non-hydrogen) atoms. The summed E-state index contributed by atoms with van der Waals surface area (Å²) in [5.74, 6) is -2.68. The number of fused-ring (bicyclic) bond motifs is 1. The summed E-state index contributed by atoms with van der Waals surface area (Å²) in [6.45, 7) is 0. The van der Waals surface area contributed by atoms with Crippen LogP contribution in [0.25, 0.3) is 0 Å². The molecule has 0 saturated carbocycles. The monoisotopic (exact) mass is 250 g/mol. The molecule has 1 aromatic rings. The van der Waals surface area contributed by atoms with E-state index < -0.39 is 23.9 Å². The molecule has 0 radical (unpaired) electrons. The Hall–Kier alpha value is -2.57. The van der Waals surface area contributed by atoms with Gasteiger partial charge in [-0.3, -0.25) is 9.59 Å². The maximum atomic E-state index is 11.6. The topological polar surface area (TPSA) is 116 Å². The van der Waals surface area contributed by atoms with Gasteiger partial charge in [-0.05, 0) is 18.2 Å². The van der Waals surface area contributed by atoms with Crippen molar-refractivity contribution < 1.29 is 24.6 Å². The Balaban J connectivity index is 2.27. The molecule has 0 spiro atoms. The van der Waals surface area contributed by atoms with Crippen LogP contribution in [-0.4, -0.2) is 34.1 Å². The molecule has 1 unspecified atom stereocenters. The number of carboxylic acids is 2. The van der Waals surface area contributed by atoms with E-state index in [9.17, 15) is 14.4 Å². The van der Waals surface area contributed by atoms with Crippen LogP contribution in [0.5, 0.6) is 0 Å². The first kappa shape index (κ1) is 11.9. The highest BCUT2D eigenvalue weighted by molar-refractivity contribution is 6.05. The molecular weight excluding hydrogens is 240 g/mol. The molecule has 7 heteroatoms. The number of carboxylic acid groups (broad SMARTS) is 2. The second-order valence-electron chi connectivity index (χ2n) is 3.85. The number of anilines is 2. The summed E-state index contributed by atoms with van der Waals surface area (Å²) in [7, 11) is 0. The number of benzene rings is 1. The maximum Gasteiger partial charge on any atom is 0.335 e. The highest BCUT2D eigenvalue weighted by atomic mass is 16.4. The van der Waals surface area contributed by atoms with Gasteiger partial charge in [0.1, 0.15) is 6.04 Å². The fraction of sp³-hybridized carbons (Fsp3) is 0.182. The fourth-order valence-corrected chi connectivity index (χ4v) is 1.70. The highest BCUT2D eigenvalue weighted by Crippen LogP contribution is 2.28. The first-order chi connectivity index (χ1) is 8.47. The van der Waals surface area contributed by atoms with Crippen LogP contribution in [0.1, 0.15) is 16.8 Å². The number of nitrogens with one attached hydrogen (secondary N) is 2. The van der Waals surface area contributed by atoms with Crippen molar-refractivity contribution in [1.82, 2.24) is 0 Å². The molecule has 0 fully saturated rings. The lowest BCUT2D eigenvalue weighted by Gasteiger charge is -2.25. The molecule has 7 nitrogen and oxygen atoms in total. The van der Waals surface area contributed by atoms with E-state index in [-0.39, 0.29) is 12.0 Å². The smallest absolute Gasteiger partial charge is 0.335 e. The molecule has 1 aliphatic rings. The molecule has 1 amide bonds. The predicted octanol–water partition coefficient (Wildman–Crippen LogP) is 0.592. The molecule has 0 bridgehead atoms. The van der Waals surface area contributed by atoms with Gasteiger partial charge in [0.05, 0.1) is 23.4 Å². The minimum absolute atomic E-state index is 0.0486. The second-order valence-corrected chi connectivity index (χ2v) is 3.85. The minimum Gasteiger partial charge on any atom is -0.481 e.